The highest BCUT2D eigenvalue weighted by Crippen LogP contribution is 2.54. The van der Waals surface area contributed by atoms with E-state index < -0.39 is 161 Å². The minimum absolute atomic E-state index is 0.0264. The molecule has 0 saturated heterocycles. The molecule has 4 nitrogen and oxygen atoms in total. The van der Waals surface area contributed by atoms with Crippen LogP contribution in [0.5, 0.6) is 0 Å². The average Bonchev–Trinajstić information content (AvgIpc) is 0.833. The van der Waals surface area contributed by atoms with Gasteiger partial charge in [-0.1, -0.05) is 345 Å². The van der Waals surface area contributed by atoms with Crippen molar-refractivity contribution in [3.63, 3.8) is 0 Å². The first-order valence-corrected chi connectivity index (χ1v) is 45.3. The lowest BCUT2D eigenvalue weighted by molar-refractivity contribution is 0.410. The maximum atomic E-state index is 11.3. The SMILES string of the molecule is [2H]c1c([2H])c([2H])c2c(c1[2H])c1cc(C([2H])([2H])C(C)(C)C)ccc1n2-c1ccc2c(c1)N(c1cc(-c3cccc(C([2H])([2H])C(C)(C)C)c3)c(C([2H])([2H])C(C)(C)C)cc1-c1cccc(C([2H])([2H])C(C)(C)C)c1)c1cc(C([2H])([2H])C(C)(C)C)cc3c1B2c1ccc(-n2c4ccc(C([2H])([2H])C(C)(C)C)cc4c4c([2H])c([2H])c([2H])c([2H])c42)cc1N3c1cc(-c2cccc(C([2H])([2H])C(C)(C)C)c2)c(C([2H])([2H])C(C)(C)C)cc1-c1cccc(C([2H])([2H])C(C)(C)C)c1. The topological polar surface area (TPSA) is 16.3 Å². The number of aromatic nitrogens is 2. The Morgan fingerprint density at radius 3 is 0.859 bits per heavy atom. The first-order chi connectivity index (χ1) is 70.3. The van der Waals surface area contributed by atoms with Gasteiger partial charge in [0.05, 0.1) is 44.4 Å². The molecule has 4 heterocycles. The largest absolute Gasteiger partial charge is 0.311 e. The van der Waals surface area contributed by atoms with Crippen LogP contribution in [0.15, 0.2) is 255 Å². The summed E-state index contributed by atoms with van der Waals surface area (Å²) >= 11 is 0. The zero-order chi connectivity index (χ0) is 114. The van der Waals surface area contributed by atoms with E-state index in [1.807, 2.05) is 178 Å². The highest BCUT2D eigenvalue weighted by atomic mass is 15.2. The van der Waals surface area contributed by atoms with Gasteiger partial charge in [0.1, 0.15) is 0 Å². The van der Waals surface area contributed by atoms with Gasteiger partial charge in [-0.25, -0.2) is 0 Å². The molecule has 0 fully saturated rings. The number of nitrogens with zero attached hydrogens (tertiary/aromatic N) is 4. The minimum Gasteiger partial charge on any atom is -0.311 e. The van der Waals surface area contributed by atoms with Gasteiger partial charge < -0.3 is 18.9 Å². The second kappa shape index (κ2) is 32.6. The molecule has 13 aromatic carbocycles. The molecule has 656 valence electrons. The lowest BCUT2D eigenvalue weighted by Gasteiger charge is -2.46. The number of para-hydroxylation sites is 2. The molecule has 2 aliphatic heterocycles. The smallest absolute Gasteiger partial charge is 0.252 e. The molecule has 2 aliphatic rings. The van der Waals surface area contributed by atoms with Gasteiger partial charge in [-0.2, -0.15) is 0 Å². The molecule has 0 bridgehead atoms. The van der Waals surface area contributed by atoms with Crippen molar-refractivity contribution in [1.82, 2.24) is 9.13 Å². The number of rotatable bonds is 17. The van der Waals surface area contributed by atoms with Crippen LogP contribution in [0.25, 0.3) is 99.5 Å². The van der Waals surface area contributed by atoms with Gasteiger partial charge in [0, 0.05) is 91.5 Å². The Balaban J connectivity index is 1.16. The van der Waals surface area contributed by atoms with Crippen LogP contribution in [0.2, 0.25) is 0 Å². The van der Waals surface area contributed by atoms with E-state index in [2.05, 4.69) is 0 Å². The molecule has 128 heavy (non-hydrogen) atoms. The molecule has 0 saturated carbocycles. The predicted octanol–water partition coefficient (Wildman–Crippen LogP) is 32.9. The third-order valence-electron chi connectivity index (χ3n) is 22.5. The number of fused-ring (bicyclic) bond motifs is 10. The first kappa shape index (κ1) is 62.4. The highest BCUT2D eigenvalue weighted by Gasteiger charge is 2.46. The van der Waals surface area contributed by atoms with Crippen molar-refractivity contribution in [2.24, 2.45) is 48.7 Å². The summed E-state index contributed by atoms with van der Waals surface area (Å²) in [5.41, 5.74) is -0.823. The molecule has 17 rings (SSSR count). The summed E-state index contributed by atoms with van der Waals surface area (Å²) in [5.74, 6) is 0. The predicted molar refractivity (Wildman–Crippen MR) is 559 cm³/mol. The Hall–Kier alpha value is -10.9. The van der Waals surface area contributed by atoms with Gasteiger partial charge in [0.25, 0.3) is 6.71 Å². The fraction of sp³-hybridized carbons (Fsp3) is 0.366. The van der Waals surface area contributed by atoms with Gasteiger partial charge in [-0.05, 0) is 303 Å². The van der Waals surface area contributed by atoms with Crippen molar-refractivity contribution in [2.45, 2.75) is 244 Å². The third kappa shape index (κ3) is 19.1. The molecule has 0 N–H and O–H groups in total. The molecule has 5 heteroatoms. The Morgan fingerprint density at radius 2 is 0.539 bits per heavy atom. The van der Waals surface area contributed by atoms with E-state index in [-0.39, 0.29) is 117 Å². The average molecular weight is 1710 g/mol. The van der Waals surface area contributed by atoms with Crippen molar-refractivity contribution >= 4 is 101 Å². The zero-order valence-electron chi connectivity index (χ0n) is 106. The Bertz CT molecular complexity index is 7800. The van der Waals surface area contributed by atoms with Crippen molar-refractivity contribution in [3.8, 4) is 55.9 Å². The maximum absolute atomic E-state index is 11.3. The summed E-state index contributed by atoms with van der Waals surface area (Å²) in [6.45, 7) is 47.4. The minimum atomic E-state index is -2.45. The number of hydrogen-bond acceptors (Lipinski definition) is 2. The summed E-state index contributed by atoms with van der Waals surface area (Å²) in [7, 11) is 0. The maximum Gasteiger partial charge on any atom is 0.252 e. The van der Waals surface area contributed by atoms with Gasteiger partial charge >= 0.3 is 0 Å². The molecule has 2 aromatic heterocycles. The lowest BCUT2D eigenvalue weighted by Crippen LogP contribution is -2.61. The fourth-order valence-corrected chi connectivity index (χ4v) is 18.6. The fourth-order valence-electron chi connectivity index (χ4n) is 18.6. The monoisotopic (exact) mass is 1710 g/mol. The van der Waals surface area contributed by atoms with E-state index >= 15 is 0 Å². The molecule has 15 aromatic rings. The second-order valence-corrected chi connectivity index (χ2v) is 44.6. The van der Waals surface area contributed by atoms with Crippen LogP contribution in [0.4, 0.5) is 34.1 Å². The van der Waals surface area contributed by atoms with Crippen LogP contribution in [-0.2, 0) is 57.4 Å². The Morgan fingerprint density at radius 1 is 0.242 bits per heavy atom. The highest BCUT2D eigenvalue weighted by molar-refractivity contribution is 7.00. The van der Waals surface area contributed by atoms with E-state index in [1.54, 1.807) is 234 Å². The van der Waals surface area contributed by atoms with Gasteiger partial charge in [0.15, 0.2) is 0 Å². The lowest BCUT2D eigenvalue weighted by atomic mass is 9.33. The molecule has 0 unspecified atom stereocenters. The third-order valence-corrected chi connectivity index (χ3v) is 22.5. The summed E-state index contributed by atoms with van der Waals surface area (Å²) < 4.78 is 268. The molecule has 0 radical (unpaired) electrons. The van der Waals surface area contributed by atoms with E-state index in [9.17, 15) is 35.6 Å². The summed E-state index contributed by atoms with van der Waals surface area (Å²) in [4.78, 5) is 4.01. The van der Waals surface area contributed by atoms with Gasteiger partial charge in [-0.3, -0.25) is 0 Å². The van der Waals surface area contributed by atoms with Crippen molar-refractivity contribution < 1.29 is 35.6 Å². The van der Waals surface area contributed by atoms with E-state index in [1.165, 1.54) is 0 Å². The van der Waals surface area contributed by atoms with E-state index in [0.29, 0.717) is 82.9 Å². The summed E-state index contributed by atoms with van der Waals surface area (Å²) in [5, 5.41) is 0.751. The Kier molecular flexibility index (Phi) is 15.9. The molecule has 0 amide bonds. The normalized spacial score (nSPS) is 17.6. The standard InChI is InChI=1S/C123H141BN4/c1-115(2,3)70-79-36-32-40-86(56-79)96-68-108(98(64-90(96)77-122(22,23)24)88-42-34-38-81(58-88)72-117(7,8)9)127-110-66-92(125-104-46-30-28-44-94(104)100-60-83(48-54-106(100)125)74-119(13,14)15)50-52-102(110)124-103-53-51-93(126-105-47-31-29-45-95(105)101-61-84(49-55-107(101)126)75-120(16,17)18)67-111(103)128(113-63-85(76-121(19,20)21)62-112(127)114(113)124)109-69-97(87-41-33-37-80(57-87)71-116(4,5)6)91(78-123(25,26)27)65-99(109)89-43-35-39-82(59-89)73-118(10,11)12/h28-69H,70-78H2,1-27H3/i28D,29D,30D,31D,44D,45D,46D,47D,70D2,71D2,72D2,73D2,74D2,75D2,76D2,77D2,78D2. The first-order valence-electron chi connectivity index (χ1n) is 58.3. The zero-order valence-corrected chi connectivity index (χ0v) is 80.0. The number of hydrogen-bond donors (Lipinski definition) is 0. The molecule has 0 atom stereocenters. The van der Waals surface area contributed by atoms with Crippen LogP contribution in [0.1, 0.15) is 273 Å². The Labute approximate surface area is 805 Å². The number of anilines is 6. The molecular weight excluding hydrogens is 1540 g/mol. The van der Waals surface area contributed by atoms with E-state index in [0.717, 1.165) is 0 Å². The van der Waals surface area contributed by atoms with Crippen LogP contribution in [-0.4, -0.2) is 15.8 Å². The number of benzene rings is 13. The summed E-state index contributed by atoms with van der Waals surface area (Å²) in [6.07, 6.45) is -19.4. The molecule has 0 aliphatic carbocycles. The van der Waals surface area contributed by atoms with Crippen molar-refractivity contribution in [1.29, 1.82) is 0 Å². The van der Waals surface area contributed by atoms with Crippen LogP contribution >= 0.6 is 0 Å². The van der Waals surface area contributed by atoms with Crippen LogP contribution in [0.3, 0.4) is 0 Å². The van der Waals surface area contributed by atoms with Crippen LogP contribution < -0.4 is 26.2 Å². The van der Waals surface area contributed by atoms with Gasteiger partial charge in [0.2, 0.25) is 0 Å². The molecule has 0 spiro atoms. The molecular formula is C123H141BN4. The van der Waals surface area contributed by atoms with Crippen molar-refractivity contribution in [3.05, 3.63) is 305 Å². The van der Waals surface area contributed by atoms with Gasteiger partial charge in [-0.15, -0.1) is 0 Å². The quantitative estimate of drug-likeness (QED) is 0.0845. The second-order valence-electron chi connectivity index (χ2n) is 44.6. The van der Waals surface area contributed by atoms with Crippen molar-refractivity contribution in [2.75, 3.05) is 9.80 Å². The van der Waals surface area contributed by atoms with E-state index in [4.69, 9.17) is 0 Å². The van der Waals surface area contributed by atoms with Crippen LogP contribution in [0, 0.1) is 48.7 Å². The summed E-state index contributed by atoms with van der Waals surface area (Å²) in [6, 6.07) is 56.9.